The molecule has 0 aliphatic carbocycles. The van der Waals surface area contributed by atoms with Gasteiger partial charge in [-0.1, -0.05) is 0 Å². The van der Waals surface area contributed by atoms with Gasteiger partial charge in [-0.2, -0.15) is 34.8 Å². The van der Waals surface area contributed by atoms with Gasteiger partial charge in [0.1, 0.15) is 5.75 Å². The fourth-order valence-corrected chi connectivity index (χ4v) is 1.34. The van der Waals surface area contributed by atoms with Gasteiger partial charge in [0.15, 0.2) is 0 Å². The van der Waals surface area contributed by atoms with E-state index in [1.807, 2.05) is 0 Å². The Balaban J connectivity index is 5.45. The molecule has 0 aromatic heterocycles. The molecular formula is C5H4F8O3S. The molecule has 0 aliphatic rings. The molecule has 17 heavy (non-hydrogen) atoms. The standard InChI is InChI=1S/C5H4F8O3S/c6-2(7)4(10,11)5(12,13)3(8,9)1-17(14,15)16/h2H,1H2,(H,14,15,16). The average molecular weight is 296 g/mol. The van der Waals surface area contributed by atoms with Crippen molar-refractivity contribution in [3.05, 3.63) is 0 Å². The molecule has 0 atom stereocenters. The van der Waals surface area contributed by atoms with E-state index in [2.05, 4.69) is 0 Å². The van der Waals surface area contributed by atoms with Gasteiger partial charge in [-0.05, 0) is 0 Å². The van der Waals surface area contributed by atoms with Crippen LogP contribution in [0, 0.1) is 0 Å². The SMILES string of the molecule is O=S(=O)(O)CC(F)(F)C(F)(F)C(F)(F)C(F)F. The highest BCUT2D eigenvalue weighted by Crippen LogP contribution is 2.48. The summed E-state index contributed by atoms with van der Waals surface area (Å²) >= 11 is 0. The van der Waals surface area contributed by atoms with Crippen LogP contribution in [-0.2, 0) is 10.1 Å². The smallest absolute Gasteiger partial charge is 0.285 e. The zero-order valence-electron chi connectivity index (χ0n) is 7.48. The molecule has 0 bridgehead atoms. The van der Waals surface area contributed by atoms with Crippen LogP contribution in [-0.4, -0.2) is 42.9 Å². The predicted molar refractivity (Wildman–Crippen MR) is 37.3 cm³/mol. The first-order chi connectivity index (χ1) is 7.15. The van der Waals surface area contributed by atoms with Gasteiger partial charge in [-0.3, -0.25) is 4.55 Å². The van der Waals surface area contributed by atoms with Crippen LogP contribution in [0.25, 0.3) is 0 Å². The van der Waals surface area contributed by atoms with Crippen molar-refractivity contribution in [2.75, 3.05) is 5.75 Å². The molecular weight excluding hydrogens is 292 g/mol. The number of alkyl halides is 8. The number of hydrogen-bond donors (Lipinski definition) is 1. The van der Waals surface area contributed by atoms with E-state index in [1.165, 1.54) is 0 Å². The van der Waals surface area contributed by atoms with Crippen LogP contribution < -0.4 is 0 Å². The average Bonchev–Trinajstić information content (AvgIpc) is 1.98. The van der Waals surface area contributed by atoms with Gasteiger partial charge in [0, 0.05) is 0 Å². The Kier molecular flexibility index (Phi) is 4.06. The maximum Gasteiger partial charge on any atom is 0.379 e. The Bertz CT molecular complexity index is 375. The van der Waals surface area contributed by atoms with Crippen molar-refractivity contribution < 1.29 is 48.1 Å². The Morgan fingerprint density at radius 3 is 1.59 bits per heavy atom. The van der Waals surface area contributed by atoms with Crippen LogP contribution in [0.3, 0.4) is 0 Å². The first-order valence-electron chi connectivity index (χ1n) is 3.52. The molecule has 12 heteroatoms. The molecule has 0 amide bonds. The normalized spacial score (nSPS) is 15.4. The van der Waals surface area contributed by atoms with E-state index >= 15 is 0 Å². The molecule has 0 unspecified atom stereocenters. The van der Waals surface area contributed by atoms with E-state index in [-0.39, 0.29) is 0 Å². The first-order valence-corrected chi connectivity index (χ1v) is 5.13. The summed E-state index contributed by atoms with van der Waals surface area (Å²) in [4.78, 5) is 0. The van der Waals surface area contributed by atoms with E-state index < -0.39 is 40.1 Å². The maximum absolute atomic E-state index is 12.5. The summed E-state index contributed by atoms with van der Waals surface area (Å²) in [6.07, 6.45) is -5.13. The summed E-state index contributed by atoms with van der Waals surface area (Å²) in [5.74, 6) is -22.2. The molecule has 0 rings (SSSR count). The van der Waals surface area contributed by atoms with Crippen molar-refractivity contribution in [1.82, 2.24) is 0 Å². The van der Waals surface area contributed by atoms with Gasteiger partial charge in [0.05, 0.1) is 0 Å². The van der Waals surface area contributed by atoms with Crippen LogP contribution in [0.1, 0.15) is 0 Å². The molecule has 0 spiro atoms. The van der Waals surface area contributed by atoms with E-state index in [4.69, 9.17) is 4.55 Å². The lowest BCUT2D eigenvalue weighted by Crippen LogP contribution is -2.59. The number of rotatable bonds is 5. The van der Waals surface area contributed by atoms with Crippen LogP contribution in [0.2, 0.25) is 0 Å². The topological polar surface area (TPSA) is 54.4 Å². The van der Waals surface area contributed by atoms with Crippen LogP contribution in [0.15, 0.2) is 0 Å². The van der Waals surface area contributed by atoms with Gasteiger partial charge in [0.2, 0.25) is 0 Å². The molecule has 1 N–H and O–H groups in total. The van der Waals surface area contributed by atoms with Crippen molar-refractivity contribution in [3.63, 3.8) is 0 Å². The maximum atomic E-state index is 12.5. The molecule has 0 radical (unpaired) electrons. The third kappa shape index (κ3) is 3.18. The quantitative estimate of drug-likeness (QED) is 0.624. The molecule has 3 nitrogen and oxygen atoms in total. The van der Waals surface area contributed by atoms with Gasteiger partial charge in [-0.25, -0.2) is 8.78 Å². The molecule has 0 aromatic carbocycles. The summed E-state index contributed by atoms with van der Waals surface area (Å²) in [6.45, 7) is 0. The minimum atomic E-state index is -6.63. The van der Waals surface area contributed by atoms with Gasteiger partial charge >= 0.3 is 24.2 Å². The molecule has 0 heterocycles. The van der Waals surface area contributed by atoms with Gasteiger partial charge < -0.3 is 0 Å². The summed E-state index contributed by atoms with van der Waals surface area (Å²) < 4.78 is 125. The van der Waals surface area contributed by atoms with Gasteiger partial charge in [-0.15, -0.1) is 0 Å². The van der Waals surface area contributed by atoms with E-state index in [9.17, 15) is 43.5 Å². The zero-order valence-corrected chi connectivity index (χ0v) is 8.30. The number of halogens is 8. The Labute approximate surface area is 89.2 Å². The highest BCUT2D eigenvalue weighted by atomic mass is 32.2. The Morgan fingerprint density at radius 2 is 1.35 bits per heavy atom. The first kappa shape index (κ1) is 16.4. The second-order valence-corrected chi connectivity index (χ2v) is 4.38. The van der Waals surface area contributed by atoms with Crippen molar-refractivity contribution in [1.29, 1.82) is 0 Å². The zero-order chi connectivity index (χ0) is 14.3. The van der Waals surface area contributed by atoms with E-state index in [0.717, 1.165) is 0 Å². The van der Waals surface area contributed by atoms with E-state index in [0.29, 0.717) is 0 Å². The van der Waals surface area contributed by atoms with Crippen LogP contribution in [0.4, 0.5) is 35.1 Å². The molecule has 0 aliphatic heterocycles. The highest BCUT2D eigenvalue weighted by molar-refractivity contribution is 7.85. The van der Waals surface area contributed by atoms with Crippen molar-refractivity contribution in [2.24, 2.45) is 0 Å². The van der Waals surface area contributed by atoms with E-state index in [1.54, 1.807) is 0 Å². The Morgan fingerprint density at radius 1 is 1.00 bits per heavy atom. The summed E-state index contributed by atoms with van der Waals surface area (Å²) in [5, 5.41) is 0. The lowest BCUT2D eigenvalue weighted by Gasteiger charge is -2.31. The minimum Gasteiger partial charge on any atom is -0.285 e. The second-order valence-electron chi connectivity index (χ2n) is 2.93. The lowest BCUT2D eigenvalue weighted by molar-refractivity contribution is -0.332. The summed E-state index contributed by atoms with van der Waals surface area (Å²) in [5.41, 5.74) is 0. The molecule has 104 valence electrons. The van der Waals surface area contributed by atoms with Gasteiger partial charge in [0.25, 0.3) is 10.1 Å². The lowest BCUT2D eigenvalue weighted by atomic mass is 10.1. The fraction of sp³-hybridized carbons (Fsp3) is 1.00. The van der Waals surface area contributed by atoms with Crippen molar-refractivity contribution in [3.8, 4) is 0 Å². The molecule has 0 aromatic rings. The van der Waals surface area contributed by atoms with Crippen molar-refractivity contribution >= 4 is 10.1 Å². The predicted octanol–water partition coefficient (Wildman–Crippen LogP) is 2.05. The second kappa shape index (κ2) is 4.23. The Hall–Kier alpha value is -0.650. The van der Waals surface area contributed by atoms with Crippen LogP contribution >= 0.6 is 0 Å². The van der Waals surface area contributed by atoms with Crippen molar-refractivity contribution in [2.45, 2.75) is 24.2 Å². The monoisotopic (exact) mass is 296 g/mol. The third-order valence-corrected chi connectivity index (χ3v) is 2.24. The van der Waals surface area contributed by atoms with Crippen LogP contribution in [0.5, 0.6) is 0 Å². The molecule has 0 fully saturated rings. The molecule has 0 saturated heterocycles. The molecule has 0 saturated carbocycles. The fourth-order valence-electron chi connectivity index (χ4n) is 0.701. The highest BCUT2D eigenvalue weighted by Gasteiger charge is 2.76. The minimum absolute atomic E-state index is 3.10. The number of hydrogen-bond acceptors (Lipinski definition) is 2. The summed E-state index contributed by atoms with van der Waals surface area (Å²) in [6, 6.07) is 0. The largest absolute Gasteiger partial charge is 0.379 e. The summed E-state index contributed by atoms with van der Waals surface area (Å²) in [7, 11) is -5.76. The third-order valence-electron chi connectivity index (χ3n) is 1.52.